The highest BCUT2D eigenvalue weighted by atomic mass is 19.3. The quantitative estimate of drug-likeness (QED) is 0.751. The van der Waals surface area contributed by atoms with Crippen molar-refractivity contribution in [1.29, 1.82) is 5.26 Å². The lowest BCUT2D eigenvalue weighted by molar-refractivity contribution is -0.265. The minimum atomic E-state index is -3.01. The third-order valence-corrected chi connectivity index (χ3v) is 2.72. The van der Waals surface area contributed by atoms with Gasteiger partial charge in [-0.15, -0.1) is 0 Å². The van der Waals surface area contributed by atoms with E-state index in [-0.39, 0.29) is 0 Å². The summed E-state index contributed by atoms with van der Waals surface area (Å²) in [7, 11) is 0. The van der Waals surface area contributed by atoms with Crippen molar-refractivity contribution in [1.82, 2.24) is 0 Å². The van der Waals surface area contributed by atoms with Gasteiger partial charge in [0.25, 0.3) is 5.92 Å². The van der Waals surface area contributed by atoms with Crippen molar-refractivity contribution < 1.29 is 18.3 Å². The smallest absolute Gasteiger partial charge is 0.406 e. The van der Waals surface area contributed by atoms with Crippen LogP contribution in [0.15, 0.2) is 0 Å². The summed E-state index contributed by atoms with van der Waals surface area (Å²) in [5, 5.41) is 8.94. The maximum absolute atomic E-state index is 13.4. The highest BCUT2D eigenvalue weighted by Gasteiger charge is 2.72. The van der Waals surface area contributed by atoms with E-state index in [1.165, 1.54) is 0 Å². The maximum atomic E-state index is 13.4. The second-order valence-corrected chi connectivity index (χ2v) is 5.16. The fraction of sp³-hybridized carbons (Fsp3) is 0.800. The predicted molar refractivity (Wildman–Crippen MR) is 51.5 cm³/mol. The third kappa shape index (κ3) is 1.82. The Labute approximate surface area is 92.4 Å². The van der Waals surface area contributed by atoms with E-state index in [1.54, 1.807) is 26.8 Å². The van der Waals surface area contributed by atoms with E-state index in [2.05, 4.69) is 4.74 Å². The molecule has 4 nitrogen and oxygen atoms in total. The van der Waals surface area contributed by atoms with Crippen LogP contribution in [-0.4, -0.2) is 17.6 Å². The molecule has 6 heteroatoms. The van der Waals surface area contributed by atoms with E-state index in [0.29, 0.717) is 0 Å². The highest BCUT2D eigenvalue weighted by molar-refractivity contribution is 5.66. The lowest BCUT2D eigenvalue weighted by atomic mass is 9.56. The Morgan fingerprint density at radius 3 is 2.31 bits per heavy atom. The summed E-state index contributed by atoms with van der Waals surface area (Å²) in [4.78, 5) is 10.7. The molecule has 0 aliphatic heterocycles. The van der Waals surface area contributed by atoms with Crippen LogP contribution in [0.2, 0.25) is 0 Å². The molecule has 2 unspecified atom stereocenters. The lowest BCUT2D eigenvalue weighted by Gasteiger charge is -2.54. The number of amides is 1. The standard InChI is InChI=1S/C10H14F2N2O2/c1-8(2,3)6-9(5-13,16-7(14)15)4-10(6,11)12/h6H,4H2,1-3H3,(H2,14,15). The topological polar surface area (TPSA) is 76.1 Å². The number of carbonyl (C=O) groups excluding carboxylic acids is 1. The lowest BCUT2D eigenvalue weighted by Crippen LogP contribution is -2.67. The minimum Gasteiger partial charge on any atom is -0.427 e. The largest absolute Gasteiger partial charge is 0.427 e. The molecule has 0 heterocycles. The molecule has 0 saturated heterocycles. The normalized spacial score (nSPS) is 32.4. The fourth-order valence-electron chi connectivity index (χ4n) is 2.50. The summed E-state index contributed by atoms with van der Waals surface area (Å²) >= 11 is 0. The van der Waals surface area contributed by atoms with Gasteiger partial charge in [0.15, 0.2) is 0 Å². The van der Waals surface area contributed by atoms with Crippen LogP contribution in [0.5, 0.6) is 0 Å². The molecule has 1 aliphatic rings. The average Bonchev–Trinajstić information content (AvgIpc) is 1.96. The van der Waals surface area contributed by atoms with Gasteiger partial charge in [-0.3, -0.25) is 0 Å². The summed E-state index contributed by atoms with van der Waals surface area (Å²) in [6.07, 6.45) is -1.99. The molecule has 0 aromatic rings. The fourth-order valence-corrected chi connectivity index (χ4v) is 2.50. The van der Waals surface area contributed by atoms with Crippen molar-refractivity contribution in [3.63, 3.8) is 0 Å². The molecule has 16 heavy (non-hydrogen) atoms. The first-order valence-corrected chi connectivity index (χ1v) is 4.83. The van der Waals surface area contributed by atoms with Gasteiger partial charge in [0.05, 0.1) is 12.3 Å². The van der Waals surface area contributed by atoms with Gasteiger partial charge >= 0.3 is 6.09 Å². The first-order chi connectivity index (χ1) is 7.05. The van der Waals surface area contributed by atoms with Crippen molar-refractivity contribution in [3.05, 3.63) is 0 Å². The first-order valence-electron chi connectivity index (χ1n) is 4.83. The summed E-state index contributed by atoms with van der Waals surface area (Å²) < 4.78 is 31.5. The number of nitrogens with two attached hydrogens (primary N) is 1. The SMILES string of the molecule is CC(C)(C)C1C(F)(F)CC1(C#N)OC(N)=O. The number of rotatable bonds is 1. The summed E-state index contributed by atoms with van der Waals surface area (Å²) in [6.45, 7) is 4.71. The molecular formula is C10H14F2N2O2. The molecule has 0 radical (unpaired) electrons. The van der Waals surface area contributed by atoms with Gasteiger partial charge in [-0.25, -0.2) is 13.6 Å². The number of halogens is 2. The molecule has 1 amide bonds. The van der Waals surface area contributed by atoms with E-state index in [4.69, 9.17) is 11.0 Å². The number of primary amides is 1. The van der Waals surface area contributed by atoms with Crippen LogP contribution in [0, 0.1) is 22.7 Å². The maximum Gasteiger partial charge on any atom is 0.406 e. The van der Waals surface area contributed by atoms with Gasteiger partial charge in [0.2, 0.25) is 5.60 Å². The zero-order chi connectivity index (χ0) is 12.8. The first kappa shape index (κ1) is 12.7. The van der Waals surface area contributed by atoms with Gasteiger partial charge in [-0.05, 0) is 5.41 Å². The molecule has 2 N–H and O–H groups in total. The molecular weight excluding hydrogens is 218 g/mol. The summed E-state index contributed by atoms with van der Waals surface area (Å²) in [5.41, 5.74) is 2.15. The zero-order valence-corrected chi connectivity index (χ0v) is 9.38. The Morgan fingerprint density at radius 1 is 1.56 bits per heavy atom. The molecule has 1 fully saturated rings. The molecule has 0 aromatic carbocycles. The number of hydrogen-bond donors (Lipinski definition) is 1. The van der Waals surface area contributed by atoms with Crippen molar-refractivity contribution in [2.45, 2.75) is 38.7 Å². The average molecular weight is 232 g/mol. The van der Waals surface area contributed by atoms with Crippen LogP contribution in [0.1, 0.15) is 27.2 Å². The third-order valence-electron chi connectivity index (χ3n) is 2.72. The van der Waals surface area contributed by atoms with Crippen molar-refractivity contribution in [2.75, 3.05) is 0 Å². The van der Waals surface area contributed by atoms with E-state index >= 15 is 0 Å². The minimum absolute atomic E-state index is 0.790. The van der Waals surface area contributed by atoms with Crippen molar-refractivity contribution in [2.24, 2.45) is 17.1 Å². The molecule has 0 bridgehead atoms. The molecule has 90 valence electrons. The van der Waals surface area contributed by atoms with Crippen LogP contribution >= 0.6 is 0 Å². The number of nitriles is 1. The predicted octanol–water partition coefficient (Wildman–Crippen LogP) is 2.05. The monoisotopic (exact) mass is 232 g/mol. The van der Waals surface area contributed by atoms with Crippen LogP contribution in [0.25, 0.3) is 0 Å². The Kier molecular flexibility index (Phi) is 2.62. The Morgan fingerprint density at radius 2 is 2.06 bits per heavy atom. The van der Waals surface area contributed by atoms with Crippen LogP contribution in [0.4, 0.5) is 13.6 Å². The van der Waals surface area contributed by atoms with Gasteiger partial charge < -0.3 is 10.5 Å². The van der Waals surface area contributed by atoms with Crippen molar-refractivity contribution in [3.8, 4) is 6.07 Å². The number of carbonyl (C=O) groups is 1. The summed E-state index contributed by atoms with van der Waals surface area (Å²) in [6, 6.07) is 1.66. The van der Waals surface area contributed by atoms with Gasteiger partial charge in [-0.1, -0.05) is 20.8 Å². The van der Waals surface area contributed by atoms with Crippen LogP contribution < -0.4 is 5.73 Å². The molecule has 1 rings (SSSR count). The molecule has 0 aromatic heterocycles. The number of ether oxygens (including phenoxy) is 1. The molecule has 1 saturated carbocycles. The molecule has 2 atom stereocenters. The van der Waals surface area contributed by atoms with E-state index in [0.717, 1.165) is 0 Å². The summed E-state index contributed by atoms with van der Waals surface area (Å²) in [5.74, 6) is -4.35. The second kappa shape index (κ2) is 3.30. The Bertz CT molecular complexity index is 347. The van der Waals surface area contributed by atoms with E-state index < -0.39 is 35.4 Å². The molecule has 0 spiro atoms. The van der Waals surface area contributed by atoms with Crippen LogP contribution in [0.3, 0.4) is 0 Å². The van der Waals surface area contributed by atoms with E-state index in [1.807, 2.05) is 0 Å². The van der Waals surface area contributed by atoms with Gasteiger partial charge in [-0.2, -0.15) is 5.26 Å². The second-order valence-electron chi connectivity index (χ2n) is 5.16. The molecule has 1 aliphatic carbocycles. The van der Waals surface area contributed by atoms with Gasteiger partial charge in [0, 0.05) is 0 Å². The zero-order valence-electron chi connectivity index (χ0n) is 9.38. The van der Waals surface area contributed by atoms with Gasteiger partial charge in [0.1, 0.15) is 6.07 Å². The number of hydrogen-bond acceptors (Lipinski definition) is 3. The van der Waals surface area contributed by atoms with E-state index in [9.17, 15) is 13.6 Å². The number of nitrogens with zero attached hydrogens (tertiary/aromatic N) is 1. The van der Waals surface area contributed by atoms with Crippen LogP contribution in [-0.2, 0) is 4.74 Å². The highest BCUT2D eigenvalue weighted by Crippen LogP contribution is 2.59. The Balaban J connectivity index is 3.07. The van der Waals surface area contributed by atoms with Crippen molar-refractivity contribution >= 4 is 6.09 Å². The number of alkyl halides is 2. The Hall–Kier alpha value is -1.38.